The molecule has 0 radical (unpaired) electrons. The molecule has 0 aliphatic rings. The first-order chi connectivity index (χ1) is 7.07. The lowest BCUT2D eigenvalue weighted by molar-refractivity contribution is -0.116. The Morgan fingerprint density at radius 3 is 2.73 bits per heavy atom. The molecule has 0 fully saturated rings. The largest absolute Gasteiger partial charge is 0.493 e. The number of ether oxygens (including phenoxy) is 1. The summed E-state index contributed by atoms with van der Waals surface area (Å²) in [4.78, 5) is 11.0. The maximum absolute atomic E-state index is 11.3. The predicted molar refractivity (Wildman–Crippen MR) is 67.7 cm³/mol. The molecule has 0 bridgehead atoms. The Bertz CT molecular complexity index is 364. The van der Waals surface area contributed by atoms with Crippen LogP contribution in [0.3, 0.4) is 0 Å². The van der Waals surface area contributed by atoms with Crippen molar-refractivity contribution in [3.8, 4) is 5.75 Å². The summed E-state index contributed by atoms with van der Waals surface area (Å²) in [5.41, 5.74) is 0.854. The average Bonchev–Trinajstić information content (AvgIpc) is 2.17. The molecule has 0 aliphatic carbocycles. The molecule has 1 rings (SSSR count). The highest BCUT2D eigenvalue weighted by atomic mass is 79.9. The van der Waals surface area contributed by atoms with Crippen molar-refractivity contribution in [2.24, 2.45) is 0 Å². The number of Topliss-reactive ketones (excluding diaryl/α,β-unsaturated/α-hetero) is 1. The molecular formula is C11H12Br2O2. The Balaban J connectivity index is 3.17. The van der Waals surface area contributed by atoms with Gasteiger partial charge in [-0.1, -0.05) is 37.9 Å². The van der Waals surface area contributed by atoms with Crippen LogP contribution in [-0.4, -0.2) is 12.4 Å². The first kappa shape index (κ1) is 12.7. The molecule has 0 spiro atoms. The molecule has 82 valence electrons. The standard InChI is InChI=1S/C11H12Br2O2/c1-3-15-9-6-4-5-8(12)10(9)11(13)7(2)14/h4-6,11H,3H2,1-2H3. The Morgan fingerprint density at radius 2 is 2.20 bits per heavy atom. The lowest BCUT2D eigenvalue weighted by Gasteiger charge is -2.14. The van der Waals surface area contributed by atoms with Crippen molar-refractivity contribution in [3.63, 3.8) is 0 Å². The number of benzene rings is 1. The second kappa shape index (κ2) is 5.66. The van der Waals surface area contributed by atoms with Gasteiger partial charge in [0, 0.05) is 10.0 Å². The topological polar surface area (TPSA) is 26.3 Å². The first-order valence-electron chi connectivity index (χ1n) is 4.63. The number of hydrogen-bond donors (Lipinski definition) is 0. The van der Waals surface area contributed by atoms with Gasteiger partial charge in [-0.25, -0.2) is 0 Å². The summed E-state index contributed by atoms with van der Waals surface area (Å²) in [6.07, 6.45) is 0. The zero-order valence-electron chi connectivity index (χ0n) is 8.59. The molecule has 0 aromatic heterocycles. The summed E-state index contributed by atoms with van der Waals surface area (Å²) in [5, 5.41) is 0. The van der Waals surface area contributed by atoms with Crippen molar-refractivity contribution in [1.29, 1.82) is 0 Å². The van der Waals surface area contributed by atoms with E-state index in [4.69, 9.17) is 4.74 Å². The van der Waals surface area contributed by atoms with Crippen LogP contribution in [-0.2, 0) is 4.79 Å². The third-order valence-electron chi connectivity index (χ3n) is 1.92. The van der Waals surface area contributed by atoms with E-state index in [1.165, 1.54) is 0 Å². The minimum absolute atomic E-state index is 0.0582. The number of halogens is 2. The Labute approximate surface area is 106 Å². The van der Waals surface area contributed by atoms with Gasteiger partial charge in [-0.2, -0.15) is 0 Å². The van der Waals surface area contributed by atoms with E-state index in [-0.39, 0.29) is 10.6 Å². The van der Waals surface area contributed by atoms with Crippen LogP contribution in [0, 0.1) is 0 Å². The quantitative estimate of drug-likeness (QED) is 0.781. The molecule has 0 saturated heterocycles. The first-order valence-corrected chi connectivity index (χ1v) is 6.34. The number of carbonyl (C=O) groups excluding carboxylic acids is 1. The van der Waals surface area contributed by atoms with E-state index in [9.17, 15) is 4.79 Å². The third-order valence-corrected chi connectivity index (χ3v) is 3.72. The summed E-state index contributed by atoms with van der Waals surface area (Å²) in [6, 6.07) is 5.65. The molecule has 1 atom stereocenters. The fourth-order valence-corrected chi connectivity index (χ4v) is 2.60. The number of hydrogen-bond acceptors (Lipinski definition) is 2. The molecule has 0 saturated carbocycles. The molecule has 4 heteroatoms. The van der Waals surface area contributed by atoms with Crippen molar-refractivity contribution in [3.05, 3.63) is 28.2 Å². The second-order valence-electron chi connectivity index (χ2n) is 3.06. The molecule has 0 aliphatic heterocycles. The molecular weight excluding hydrogens is 324 g/mol. The van der Waals surface area contributed by atoms with E-state index < -0.39 is 0 Å². The van der Waals surface area contributed by atoms with Crippen LogP contribution in [0.2, 0.25) is 0 Å². The summed E-state index contributed by atoms with van der Waals surface area (Å²) in [6.45, 7) is 4.05. The van der Waals surface area contributed by atoms with E-state index in [0.717, 1.165) is 15.8 Å². The molecule has 15 heavy (non-hydrogen) atoms. The van der Waals surface area contributed by atoms with Crippen LogP contribution < -0.4 is 4.74 Å². The van der Waals surface area contributed by atoms with Gasteiger partial charge in [-0.05, 0) is 26.0 Å². The minimum Gasteiger partial charge on any atom is -0.493 e. The van der Waals surface area contributed by atoms with E-state index in [1.807, 2.05) is 25.1 Å². The van der Waals surface area contributed by atoms with Crippen LogP contribution >= 0.6 is 31.9 Å². The smallest absolute Gasteiger partial charge is 0.148 e. The van der Waals surface area contributed by atoms with Crippen LogP contribution in [0.15, 0.2) is 22.7 Å². The van der Waals surface area contributed by atoms with Crippen LogP contribution in [0.25, 0.3) is 0 Å². The minimum atomic E-state index is -0.324. The number of rotatable bonds is 4. The SMILES string of the molecule is CCOc1cccc(Br)c1C(Br)C(C)=O. The normalized spacial score (nSPS) is 12.3. The Hall–Kier alpha value is -0.350. The van der Waals surface area contributed by atoms with Gasteiger partial charge >= 0.3 is 0 Å². The van der Waals surface area contributed by atoms with E-state index >= 15 is 0 Å². The van der Waals surface area contributed by atoms with E-state index in [0.29, 0.717) is 6.61 Å². The van der Waals surface area contributed by atoms with Crippen molar-refractivity contribution >= 4 is 37.6 Å². The van der Waals surface area contributed by atoms with Gasteiger partial charge < -0.3 is 4.74 Å². The summed E-state index contributed by atoms with van der Waals surface area (Å²) >= 11 is 6.79. The summed E-state index contributed by atoms with van der Waals surface area (Å²) in [5.74, 6) is 0.798. The van der Waals surface area contributed by atoms with Gasteiger partial charge in [0.05, 0.1) is 6.61 Å². The fourth-order valence-electron chi connectivity index (χ4n) is 1.25. The molecule has 1 unspecified atom stereocenters. The zero-order chi connectivity index (χ0) is 11.4. The average molecular weight is 336 g/mol. The van der Waals surface area contributed by atoms with Crippen LogP contribution in [0.1, 0.15) is 24.2 Å². The summed E-state index contributed by atoms with van der Waals surface area (Å²) in [7, 11) is 0. The highest BCUT2D eigenvalue weighted by molar-refractivity contribution is 9.11. The van der Waals surface area contributed by atoms with Crippen LogP contribution in [0.5, 0.6) is 5.75 Å². The lowest BCUT2D eigenvalue weighted by Crippen LogP contribution is -2.05. The van der Waals surface area contributed by atoms with Gasteiger partial charge in [0.1, 0.15) is 16.4 Å². The molecule has 0 amide bonds. The van der Waals surface area contributed by atoms with Crippen molar-refractivity contribution < 1.29 is 9.53 Å². The molecule has 0 N–H and O–H groups in total. The monoisotopic (exact) mass is 334 g/mol. The van der Waals surface area contributed by atoms with Crippen molar-refractivity contribution in [1.82, 2.24) is 0 Å². The second-order valence-corrected chi connectivity index (χ2v) is 4.83. The highest BCUT2D eigenvalue weighted by Gasteiger charge is 2.20. The number of alkyl halides is 1. The molecule has 1 aromatic carbocycles. The Morgan fingerprint density at radius 1 is 1.53 bits per heavy atom. The molecule has 2 nitrogen and oxygen atoms in total. The van der Waals surface area contributed by atoms with E-state index in [1.54, 1.807) is 6.92 Å². The predicted octanol–water partition coefficient (Wildman–Crippen LogP) is 3.87. The van der Waals surface area contributed by atoms with Gasteiger partial charge in [-0.15, -0.1) is 0 Å². The molecule has 0 heterocycles. The van der Waals surface area contributed by atoms with Gasteiger partial charge in [-0.3, -0.25) is 4.79 Å². The number of carbonyl (C=O) groups is 1. The van der Waals surface area contributed by atoms with Crippen LogP contribution in [0.4, 0.5) is 0 Å². The number of ketones is 1. The lowest BCUT2D eigenvalue weighted by atomic mass is 10.1. The summed E-state index contributed by atoms with van der Waals surface area (Å²) < 4.78 is 6.36. The van der Waals surface area contributed by atoms with Gasteiger partial charge in [0.25, 0.3) is 0 Å². The Kier molecular flexibility index (Phi) is 4.80. The molecule has 1 aromatic rings. The highest BCUT2D eigenvalue weighted by Crippen LogP contribution is 2.37. The maximum Gasteiger partial charge on any atom is 0.148 e. The van der Waals surface area contributed by atoms with Crippen molar-refractivity contribution in [2.45, 2.75) is 18.7 Å². The fraction of sp³-hybridized carbons (Fsp3) is 0.364. The third kappa shape index (κ3) is 3.05. The van der Waals surface area contributed by atoms with Gasteiger partial charge in [0.2, 0.25) is 0 Å². The maximum atomic E-state index is 11.3. The van der Waals surface area contributed by atoms with Gasteiger partial charge in [0.15, 0.2) is 0 Å². The van der Waals surface area contributed by atoms with E-state index in [2.05, 4.69) is 31.9 Å². The zero-order valence-corrected chi connectivity index (χ0v) is 11.8. The van der Waals surface area contributed by atoms with Crippen molar-refractivity contribution in [2.75, 3.05) is 6.61 Å².